The summed E-state index contributed by atoms with van der Waals surface area (Å²) in [5.41, 5.74) is 1.47. The van der Waals surface area contributed by atoms with Gasteiger partial charge in [0.05, 0.1) is 0 Å². The number of ether oxygens (including phenoxy) is 1. The van der Waals surface area contributed by atoms with Gasteiger partial charge >= 0.3 is 0 Å². The fourth-order valence-corrected chi connectivity index (χ4v) is 3.27. The molecule has 1 saturated heterocycles. The van der Waals surface area contributed by atoms with Crippen molar-refractivity contribution in [2.75, 3.05) is 6.54 Å². The van der Waals surface area contributed by atoms with Crippen LogP contribution in [0.4, 0.5) is 0 Å². The molecule has 2 heteroatoms. The normalized spacial score (nSPS) is 33.9. The van der Waals surface area contributed by atoms with Crippen molar-refractivity contribution < 1.29 is 4.74 Å². The van der Waals surface area contributed by atoms with Crippen LogP contribution in [0.3, 0.4) is 0 Å². The monoisotopic (exact) mass is 219 g/mol. The standard InChI is InChI=1S/C14H21NO/c1-10(2)15-8-7-11-9-13(15)12-5-3-4-6-14(12)16-11/h3,5,10-11,13H,4,6-9H2,1-2H3/t11-,13+/m0/s1. The van der Waals surface area contributed by atoms with E-state index in [4.69, 9.17) is 4.74 Å². The lowest BCUT2D eigenvalue weighted by molar-refractivity contribution is -0.00976. The number of rotatable bonds is 1. The van der Waals surface area contributed by atoms with Gasteiger partial charge in [0.15, 0.2) is 0 Å². The fraction of sp³-hybridized carbons (Fsp3) is 0.714. The molecule has 88 valence electrons. The number of hydrogen-bond donors (Lipinski definition) is 0. The molecule has 16 heavy (non-hydrogen) atoms. The zero-order chi connectivity index (χ0) is 11.1. The molecular formula is C14H21NO. The third kappa shape index (κ3) is 1.60. The first-order valence-electron chi connectivity index (χ1n) is 6.57. The summed E-state index contributed by atoms with van der Waals surface area (Å²) in [5, 5.41) is 0. The third-order valence-corrected chi connectivity index (χ3v) is 4.08. The molecule has 1 fully saturated rings. The molecule has 0 saturated carbocycles. The molecular weight excluding hydrogens is 198 g/mol. The number of fused-ring (bicyclic) bond motifs is 3. The smallest absolute Gasteiger partial charge is 0.101 e. The summed E-state index contributed by atoms with van der Waals surface area (Å²) in [6.45, 7) is 5.81. The van der Waals surface area contributed by atoms with Crippen LogP contribution in [-0.4, -0.2) is 29.6 Å². The second-order valence-corrected chi connectivity index (χ2v) is 5.43. The van der Waals surface area contributed by atoms with E-state index in [0.717, 1.165) is 12.8 Å². The van der Waals surface area contributed by atoms with E-state index < -0.39 is 0 Å². The first kappa shape index (κ1) is 10.4. The van der Waals surface area contributed by atoms with Crippen molar-refractivity contribution in [3.8, 4) is 0 Å². The first-order valence-corrected chi connectivity index (χ1v) is 6.57. The Morgan fingerprint density at radius 1 is 1.44 bits per heavy atom. The molecule has 0 aromatic rings. The van der Waals surface area contributed by atoms with Gasteiger partial charge in [-0.05, 0) is 26.7 Å². The van der Waals surface area contributed by atoms with Crippen LogP contribution < -0.4 is 0 Å². The van der Waals surface area contributed by atoms with Crippen molar-refractivity contribution in [2.24, 2.45) is 0 Å². The zero-order valence-electron chi connectivity index (χ0n) is 10.3. The molecule has 2 bridgehead atoms. The molecule has 0 radical (unpaired) electrons. The van der Waals surface area contributed by atoms with Gasteiger partial charge in [-0.1, -0.05) is 12.2 Å². The lowest BCUT2D eigenvalue weighted by atomic mass is 9.86. The maximum atomic E-state index is 6.09. The lowest BCUT2D eigenvalue weighted by Crippen LogP contribution is -2.51. The van der Waals surface area contributed by atoms with E-state index in [1.807, 2.05) is 0 Å². The summed E-state index contributed by atoms with van der Waals surface area (Å²) in [4.78, 5) is 2.64. The Balaban J connectivity index is 1.94. The van der Waals surface area contributed by atoms with Crippen LogP contribution in [0.1, 0.15) is 39.5 Å². The molecule has 0 N–H and O–H groups in total. The zero-order valence-corrected chi connectivity index (χ0v) is 10.3. The summed E-state index contributed by atoms with van der Waals surface area (Å²) in [5.74, 6) is 1.29. The van der Waals surface area contributed by atoms with Crippen molar-refractivity contribution in [1.82, 2.24) is 4.90 Å². The molecule has 1 aliphatic carbocycles. The van der Waals surface area contributed by atoms with E-state index in [-0.39, 0.29) is 0 Å². The SMILES string of the molecule is CC(C)N1CC[C@H]2C[C@@H]1C1=C(CCC=C1)O2. The van der Waals surface area contributed by atoms with E-state index >= 15 is 0 Å². The molecule has 2 atom stereocenters. The Morgan fingerprint density at radius 2 is 2.31 bits per heavy atom. The molecule has 2 nitrogen and oxygen atoms in total. The van der Waals surface area contributed by atoms with Crippen LogP contribution >= 0.6 is 0 Å². The van der Waals surface area contributed by atoms with E-state index in [1.54, 1.807) is 0 Å². The molecule has 3 rings (SSSR count). The highest BCUT2D eigenvalue weighted by Gasteiger charge is 2.38. The summed E-state index contributed by atoms with van der Waals surface area (Å²) in [6, 6.07) is 1.27. The summed E-state index contributed by atoms with van der Waals surface area (Å²) >= 11 is 0. The molecule has 2 heterocycles. The Bertz CT molecular complexity index is 343. The van der Waals surface area contributed by atoms with Crippen LogP contribution in [0.2, 0.25) is 0 Å². The summed E-state index contributed by atoms with van der Waals surface area (Å²) in [7, 11) is 0. The average Bonchev–Trinajstić information content (AvgIpc) is 2.29. The Morgan fingerprint density at radius 3 is 3.12 bits per heavy atom. The van der Waals surface area contributed by atoms with Gasteiger partial charge in [-0.25, -0.2) is 0 Å². The number of piperidine rings is 1. The van der Waals surface area contributed by atoms with Gasteiger partial charge in [-0.2, -0.15) is 0 Å². The van der Waals surface area contributed by atoms with Gasteiger partial charge in [-0.15, -0.1) is 0 Å². The van der Waals surface area contributed by atoms with E-state index in [9.17, 15) is 0 Å². The van der Waals surface area contributed by atoms with Crippen molar-refractivity contribution in [1.29, 1.82) is 0 Å². The number of likely N-dealkylation sites (tertiary alicyclic amines) is 1. The predicted octanol–water partition coefficient (Wildman–Crippen LogP) is 2.86. The average molecular weight is 219 g/mol. The van der Waals surface area contributed by atoms with Gasteiger partial charge in [0, 0.05) is 37.0 Å². The van der Waals surface area contributed by atoms with Gasteiger partial charge in [0.1, 0.15) is 11.9 Å². The van der Waals surface area contributed by atoms with Gasteiger partial charge in [0.25, 0.3) is 0 Å². The molecule has 3 aliphatic rings. The number of allylic oxidation sites excluding steroid dienone is 2. The molecule has 0 spiro atoms. The maximum Gasteiger partial charge on any atom is 0.101 e. The molecule has 0 aromatic carbocycles. The molecule has 0 amide bonds. The Labute approximate surface area is 98.0 Å². The highest BCUT2D eigenvalue weighted by molar-refractivity contribution is 5.34. The van der Waals surface area contributed by atoms with Crippen molar-refractivity contribution in [2.45, 2.75) is 57.7 Å². The van der Waals surface area contributed by atoms with E-state index in [2.05, 4.69) is 30.9 Å². The minimum atomic E-state index is 0.491. The van der Waals surface area contributed by atoms with Gasteiger partial charge in [-0.3, -0.25) is 4.90 Å². The van der Waals surface area contributed by atoms with Crippen LogP contribution in [0.15, 0.2) is 23.5 Å². The summed E-state index contributed by atoms with van der Waals surface area (Å²) < 4.78 is 6.09. The highest BCUT2D eigenvalue weighted by Crippen LogP contribution is 2.38. The van der Waals surface area contributed by atoms with Crippen LogP contribution in [0, 0.1) is 0 Å². The minimum absolute atomic E-state index is 0.491. The van der Waals surface area contributed by atoms with Gasteiger partial charge in [0.2, 0.25) is 0 Å². The Hall–Kier alpha value is -0.760. The highest BCUT2D eigenvalue weighted by atomic mass is 16.5. The van der Waals surface area contributed by atoms with Crippen molar-refractivity contribution in [3.63, 3.8) is 0 Å². The quantitative estimate of drug-likeness (QED) is 0.672. The van der Waals surface area contributed by atoms with E-state index in [1.165, 1.54) is 30.7 Å². The summed E-state index contributed by atoms with van der Waals surface area (Å²) in [6.07, 6.45) is 9.77. The largest absolute Gasteiger partial charge is 0.494 e. The first-order chi connectivity index (χ1) is 7.75. The fourth-order valence-electron chi connectivity index (χ4n) is 3.27. The number of nitrogens with zero attached hydrogens (tertiary/aromatic N) is 1. The second-order valence-electron chi connectivity index (χ2n) is 5.43. The van der Waals surface area contributed by atoms with Crippen molar-refractivity contribution >= 4 is 0 Å². The van der Waals surface area contributed by atoms with E-state index in [0.29, 0.717) is 18.2 Å². The second kappa shape index (κ2) is 3.92. The van der Waals surface area contributed by atoms with Crippen LogP contribution in [0.25, 0.3) is 0 Å². The van der Waals surface area contributed by atoms with Crippen LogP contribution in [0.5, 0.6) is 0 Å². The Kier molecular flexibility index (Phi) is 2.55. The van der Waals surface area contributed by atoms with Crippen molar-refractivity contribution in [3.05, 3.63) is 23.5 Å². The molecule has 0 aromatic heterocycles. The topological polar surface area (TPSA) is 12.5 Å². The minimum Gasteiger partial charge on any atom is -0.494 e. The lowest BCUT2D eigenvalue weighted by Gasteiger charge is -2.47. The molecule has 2 aliphatic heterocycles. The third-order valence-electron chi connectivity index (χ3n) is 4.08. The van der Waals surface area contributed by atoms with Crippen LogP contribution in [-0.2, 0) is 4.74 Å². The van der Waals surface area contributed by atoms with Gasteiger partial charge < -0.3 is 4.74 Å². The maximum absolute atomic E-state index is 6.09. The number of hydrogen-bond acceptors (Lipinski definition) is 2. The molecule has 0 unspecified atom stereocenters. The predicted molar refractivity (Wildman–Crippen MR) is 65.1 cm³/mol.